The molecule has 0 amide bonds. The number of hydrogen-bond donors (Lipinski definition) is 1. The van der Waals surface area contributed by atoms with Crippen molar-refractivity contribution in [1.82, 2.24) is 0 Å². The van der Waals surface area contributed by atoms with Gasteiger partial charge in [0.25, 0.3) is 0 Å². The normalized spacial score (nSPS) is 29.0. The van der Waals surface area contributed by atoms with Crippen LogP contribution < -0.4 is 0 Å². The minimum Gasteiger partial charge on any atom is -0.381 e. The second-order valence-corrected chi connectivity index (χ2v) is 4.57. The number of aliphatic hydroxyl groups is 1. The fraction of sp³-hybridized carbons (Fsp3) is 0.417. The second-order valence-electron chi connectivity index (χ2n) is 4.57. The Morgan fingerprint density at radius 2 is 1.71 bits per heavy atom. The summed E-state index contributed by atoms with van der Waals surface area (Å²) in [5.74, 6) is -0.168. The lowest BCUT2D eigenvalue weighted by Crippen LogP contribution is -2.45. The van der Waals surface area contributed by atoms with Gasteiger partial charge in [-0.2, -0.15) is 0 Å². The van der Waals surface area contributed by atoms with Crippen LogP contribution in [0.3, 0.4) is 0 Å². The topological polar surface area (TPSA) is 37.3 Å². The zero-order valence-electron chi connectivity index (χ0n) is 8.66. The van der Waals surface area contributed by atoms with Crippen LogP contribution in [0.15, 0.2) is 24.3 Å². The molecule has 0 heterocycles. The van der Waals surface area contributed by atoms with Crippen molar-refractivity contribution in [3.05, 3.63) is 35.4 Å². The highest BCUT2D eigenvalue weighted by molar-refractivity contribution is 6.08. The highest BCUT2D eigenvalue weighted by atomic mass is 16.3. The van der Waals surface area contributed by atoms with Crippen molar-refractivity contribution in [2.45, 2.75) is 31.8 Å². The Labute approximate surface area is 83.6 Å². The predicted molar refractivity (Wildman–Crippen MR) is 54.4 cm³/mol. The largest absolute Gasteiger partial charge is 0.381 e. The van der Waals surface area contributed by atoms with E-state index in [0.717, 1.165) is 5.56 Å². The molecule has 14 heavy (non-hydrogen) atoms. The molecule has 0 saturated carbocycles. The molecule has 2 rings (SSSR count). The van der Waals surface area contributed by atoms with E-state index in [-0.39, 0.29) is 5.78 Å². The number of hydrogen-bond acceptors (Lipinski definition) is 2. The smallest absolute Gasteiger partial charge is 0.195 e. The Morgan fingerprint density at radius 3 is 2.29 bits per heavy atom. The predicted octanol–water partition coefficient (Wildman–Crippen LogP) is 1.91. The molecule has 0 radical (unpaired) electrons. The molecule has 0 spiro atoms. The van der Waals surface area contributed by atoms with E-state index in [1.54, 1.807) is 13.0 Å². The number of rotatable bonds is 0. The first-order chi connectivity index (χ1) is 6.39. The van der Waals surface area contributed by atoms with Crippen molar-refractivity contribution in [3.63, 3.8) is 0 Å². The van der Waals surface area contributed by atoms with Crippen LogP contribution >= 0.6 is 0 Å². The van der Waals surface area contributed by atoms with E-state index in [1.165, 1.54) is 0 Å². The van der Waals surface area contributed by atoms with Crippen molar-refractivity contribution in [1.29, 1.82) is 0 Å². The minimum absolute atomic E-state index is 0.168. The fourth-order valence-electron chi connectivity index (χ4n) is 2.03. The minimum atomic E-state index is -1.28. The van der Waals surface area contributed by atoms with Crippen molar-refractivity contribution in [2.24, 2.45) is 0 Å². The molecule has 1 aromatic carbocycles. The van der Waals surface area contributed by atoms with Crippen LogP contribution in [0.5, 0.6) is 0 Å². The molecule has 0 bridgehead atoms. The number of ketones is 1. The standard InChI is InChI=1S/C12H14O2/c1-11(2)9-7-5-4-6-8(9)10(13)12(11,3)14/h4-7,14H,1-3H3. The highest BCUT2D eigenvalue weighted by Gasteiger charge is 2.53. The Morgan fingerprint density at radius 1 is 1.14 bits per heavy atom. The van der Waals surface area contributed by atoms with Crippen LogP contribution in [0, 0.1) is 0 Å². The maximum absolute atomic E-state index is 11.9. The summed E-state index contributed by atoms with van der Waals surface area (Å²) in [5.41, 5.74) is -0.185. The molecule has 1 unspecified atom stereocenters. The molecule has 0 saturated heterocycles. The lowest BCUT2D eigenvalue weighted by Gasteiger charge is -2.32. The van der Waals surface area contributed by atoms with Crippen LogP contribution in [0.25, 0.3) is 0 Å². The summed E-state index contributed by atoms with van der Waals surface area (Å²) in [6, 6.07) is 7.42. The molecule has 1 N–H and O–H groups in total. The summed E-state index contributed by atoms with van der Waals surface area (Å²) in [4.78, 5) is 11.9. The van der Waals surface area contributed by atoms with Crippen molar-refractivity contribution in [3.8, 4) is 0 Å². The average Bonchev–Trinajstić information content (AvgIpc) is 2.27. The number of benzene rings is 1. The van der Waals surface area contributed by atoms with Gasteiger partial charge in [0.05, 0.1) is 0 Å². The maximum Gasteiger partial charge on any atom is 0.195 e. The van der Waals surface area contributed by atoms with Gasteiger partial charge in [-0.25, -0.2) is 0 Å². The first-order valence-electron chi connectivity index (χ1n) is 4.76. The summed E-state index contributed by atoms with van der Waals surface area (Å²) in [7, 11) is 0. The van der Waals surface area contributed by atoms with Gasteiger partial charge in [0.2, 0.25) is 0 Å². The van der Waals surface area contributed by atoms with Gasteiger partial charge in [-0.3, -0.25) is 4.79 Å². The van der Waals surface area contributed by atoms with Gasteiger partial charge in [0.1, 0.15) is 5.60 Å². The SMILES string of the molecule is CC1(O)C(=O)c2ccccc2C1(C)C. The lowest BCUT2D eigenvalue weighted by atomic mass is 9.76. The number of Topliss-reactive ketones (excluding diaryl/α,β-unsaturated/α-hetero) is 1. The third-order valence-electron chi connectivity index (χ3n) is 3.50. The molecule has 0 aliphatic heterocycles. The van der Waals surface area contributed by atoms with E-state index in [4.69, 9.17) is 0 Å². The molecule has 1 aliphatic carbocycles. The second kappa shape index (κ2) is 2.45. The van der Waals surface area contributed by atoms with Gasteiger partial charge < -0.3 is 5.11 Å². The van der Waals surface area contributed by atoms with Crippen molar-refractivity contribution >= 4 is 5.78 Å². The quantitative estimate of drug-likeness (QED) is 0.678. The van der Waals surface area contributed by atoms with E-state index in [0.29, 0.717) is 5.56 Å². The van der Waals surface area contributed by atoms with E-state index < -0.39 is 11.0 Å². The molecular weight excluding hydrogens is 176 g/mol. The number of fused-ring (bicyclic) bond motifs is 1. The number of carbonyl (C=O) groups excluding carboxylic acids is 1. The molecule has 2 heteroatoms. The fourth-order valence-corrected chi connectivity index (χ4v) is 2.03. The first-order valence-corrected chi connectivity index (χ1v) is 4.76. The molecule has 0 fully saturated rings. The summed E-state index contributed by atoms with van der Waals surface area (Å²) >= 11 is 0. The average molecular weight is 190 g/mol. The Balaban J connectivity index is 2.74. The summed E-state index contributed by atoms with van der Waals surface area (Å²) in [5, 5.41) is 10.2. The third-order valence-corrected chi connectivity index (χ3v) is 3.50. The molecule has 1 aromatic rings. The van der Waals surface area contributed by atoms with Crippen LogP contribution in [-0.2, 0) is 5.41 Å². The Bertz CT molecular complexity index is 403. The van der Waals surface area contributed by atoms with Crippen molar-refractivity contribution < 1.29 is 9.90 Å². The Kier molecular flexibility index (Phi) is 1.65. The van der Waals surface area contributed by atoms with Gasteiger partial charge in [0, 0.05) is 11.0 Å². The van der Waals surface area contributed by atoms with Crippen LogP contribution in [0.4, 0.5) is 0 Å². The maximum atomic E-state index is 11.9. The molecule has 0 aromatic heterocycles. The summed E-state index contributed by atoms with van der Waals surface area (Å²) in [6.45, 7) is 5.39. The monoisotopic (exact) mass is 190 g/mol. The van der Waals surface area contributed by atoms with E-state index >= 15 is 0 Å². The molecule has 74 valence electrons. The van der Waals surface area contributed by atoms with Crippen LogP contribution in [0.1, 0.15) is 36.7 Å². The van der Waals surface area contributed by atoms with Crippen LogP contribution in [-0.4, -0.2) is 16.5 Å². The number of carbonyl (C=O) groups is 1. The molecule has 2 nitrogen and oxygen atoms in total. The Hall–Kier alpha value is -1.15. The lowest BCUT2D eigenvalue weighted by molar-refractivity contribution is 0.0122. The zero-order valence-corrected chi connectivity index (χ0v) is 8.66. The molecular formula is C12H14O2. The van der Waals surface area contributed by atoms with Crippen molar-refractivity contribution in [2.75, 3.05) is 0 Å². The van der Waals surface area contributed by atoms with Gasteiger partial charge >= 0.3 is 0 Å². The molecule has 1 aliphatic rings. The van der Waals surface area contributed by atoms with Gasteiger partial charge in [0.15, 0.2) is 5.78 Å². The van der Waals surface area contributed by atoms with E-state index in [9.17, 15) is 9.90 Å². The zero-order chi connectivity index (χ0) is 10.6. The summed E-state index contributed by atoms with van der Waals surface area (Å²) in [6.07, 6.45) is 0. The van der Waals surface area contributed by atoms with Gasteiger partial charge in [-0.15, -0.1) is 0 Å². The highest BCUT2D eigenvalue weighted by Crippen LogP contribution is 2.45. The van der Waals surface area contributed by atoms with E-state index in [1.807, 2.05) is 32.0 Å². The van der Waals surface area contributed by atoms with Gasteiger partial charge in [-0.1, -0.05) is 38.1 Å². The molecule has 1 atom stereocenters. The third kappa shape index (κ3) is 0.867. The van der Waals surface area contributed by atoms with Gasteiger partial charge in [-0.05, 0) is 12.5 Å². The van der Waals surface area contributed by atoms with E-state index in [2.05, 4.69) is 0 Å². The van der Waals surface area contributed by atoms with Crippen LogP contribution in [0.2, 0.25) is 0 Å². The summed E-state index contributed by atoms with van der Waals surface area (Å²) < 4.78 is 0. The first kappa shape index (κ1) is 9.41.